The molecule has 2 heterocycles. The Balaban J connectivity index is 2.13. The lowest BCUT2D eigenvalue weighted by Gasteiger charge is -2.29. The molecule has 0 bridgehead atoms. The van der Waals surface area contributed by atoms with Crippen molar-refractivity contribution in [2.45, 2.75) is 25.3 Å². The average molecular weight is 153 g/mol. The maximum absolute atomic E-state index is 9.04. The largest absolute Gasteiger partial charge is 0.392 e. The lowest BCUT2D eigenvalue weighted by Crippen LogP contribution is -2.35. The fourth-order valence-corrected chi connectivity index (χ4v) is 2.24. The Kier molecular flexibility index (Phi) is 1.96. The highest BCUT2D eigenvalue weighted by Crippen LogP contribution is 2.27. The maximum atomic E-state index is 9.04. The van der Waals surface area contributed by atoms with E-state index in [1.54, 1.807) is 0 Å². The van der Waals surface area contributed by atoms with Gasteiger partial charge in [-0.15, -0.1) is 0 Å². The summed E-state index contributed by atoms with van der Waals surface area (Å²) in [5.74, 6) is 0. The van der Waals surface area contributed by atoms with Gasteiger partial charge in [0.05, 0.1) is 6.61 Å². The standard InChI is InChI=1S/C9H15NO/c11-7-8-3-1-5-10-6-2-4-9(8)10/h3,9,11H,1-2,4-7H2. The summed E-state index contributed by atoms with van der Waals surface area (Å²) in [4.78, 5) is 2.49. The second-order valence-electron chi connectivity index (χ2n) is 3.42. The predicted molar refractivity (Wildman–Crippen MR) is 44.4 cm³/mol. The van der Waals surface area contributed by atoms with Gasteiger partial charge in [-0.2, -0.15) is 0 Å². The molecule has 1 atom stereocenters. The Hall–Kier alpha value is -0.340. The number of nitrogens with zero attached hydrogens (tertiary/aromatic N) is 1. The SMILES string of the molecule is OCC1=CCCN2CCCC12. The summed E-state index contributed by atoms with van der Waals surface area (Å²) in [5.41, 5.74) is 1.26. The van der Waals surface area contributed by atoms with E-state index < -0.39 is 0 Å². The highest BCUT2D eigenvalue weighted by Gasteiger charge is 2.28. The van der Waals surface area contributed by atoms with Crippen LogP contribution >= 0.6 is 0 Å². The van der Waals surface area contributed by atoms with Crippen molar-refractivity contribution in [3.05, 3.63) is 11.6 Å². The minimum absolute atomic E-state index is 0.265. The monoisotopic (exact) mass is 153 g/mol. The summed E-state index contributed by atoms with van der Waals surface area (Å²) in [6.45, 7) is 2.71. The molecule has 1 saturated heterocycles. The average Bonchev–Trinajstić information content (AvgIpc) is 2.50. The molecule has 0 aromatic heterocycles. The zero-order chi connectivity index (χ0) is 7.68. The fourth-order valence-electron chi connectivity index (χ4n) is 2.24. The zero-order valence-electron chi connectivity index (χ0n) is 6.79. The van der Waals surface area contributed by atoms with Gasteiger partial charge in [0, 0.05) is 12.6 Å². The van der Waals surface area contributed by atoms with Crippen molar-refractivity contribution in [2.75, 3.05) is 19.7 Å². The molecule has 11 heavy (non-hydrogen) atoms. The predicted octanol–water partition coefficient (Wildman–Crippen LogP) is 0.773. The van der Waals surface area contributed by atoms with Crippen LogP contribution in [0.15, 0.2) is 11.6 Å². The molecule has 0 saturated carbocycles. The van der Waals surface area contributed by atoms with E-state index in [1.807, 2.05) is 0 Å². The number of fused-ring (bicyclic) bond motifs is 1. The summed E-state index contributed by atoms with van der Waals surface area (Å²) < 4.78 is 0. The molecular weight excluding hydrogens is 138 g/mol. The van der Waals surface area contributed by atoms with Gasteiger partial charge >= 0.3 is 0 Å². The minimum Gasteiger partial charge on any atom is -0.392 e. The zero-order valence-corrected chi connectivity index (χ0v) is 6.79. The van der Waals surface area contributed by atoms with Crippen LogP contribution in [0, 0.1) is 0 Å². The first kappa shape index (κ1) is 7.32. The molecule has 1 unspecified atom stereocenters. The molecule has 2 aliphatic heterocycles. The summed E-state index contributed by atoms with van der Waals surface area (Å²) in [5, 5.41) is 9.04. The Morgan fingerprint density at radius 2 is 2.45 bits per heavy atom. The topological polar surface area (TPSA) is 23.5 Å². The van der Waals surface area contributed by atoms with Crippen molar-refractivity contribution >= 4 is 0 Å². The quantitative estimate of drug-likeness (QED) is 0.562. The van der Waals surface area contributed by atoms with E-state index in [2.05, 4.69) is 11.0 Å². The normalized spacial score (nSPS) is 31.7. The second-order valence-corrected chi connectivity index (χ2v) is 3.42. The Morgan fingerprint density at radius 3 is 3.27 bits per heavy atom. The van der Waals surface area contributed by atoms with Crippen LogP contribution in [0.25, 0.3) is 0 Å². The molecule has 2 heteroatoms. The van der Waals surface area contributed by atoms with Gasteiger partial charge in [-0.1, -0.05) is 6.08 Å². The van der Waals surface area contributed by atoms with Crippen molar-refractivity contribution in [1.29, 1.82) is 0 Å². The van der Waals surface area contributed by atoms with E-state index >= 15 is 0 Å². The van der Waals surface area contributed by atoms with Gasteiger partial charge in [-0.25, -0.2) is 0 Å². The third kappa shape index (κ3) is 1.21. The molecule has 0 radical (unpaired) electrons. The van der Waals surface area contributed by atoms with Crippen molar-refractivity contribution in [1.82, 2.24) is 4.90 Å². The Morgan fingerprint density at radius 1 is 1.55 bits per heavy atom. The van der Waals surface area contributed by atoms with E-state index in [4.69, 9.17) is 5.11 Å². The highest BCUT2D eigenvalue weighted by molar-refractivity contribution is 5.16. The van der Waals surface area contributed by atoms with Crippen LogP contribution in [0.2, 0.25) is 0 Å². The molecule has 62 valence electrons. The highest BCUT2D eigenvalue weighted by atomic mass is 16.3. The Bertz CT molecular complexity index is 176. The molecular formula is C9H15NO. The molecule has 2 nitrogen and oxygen atoms in total. The van der Waals surface area contributed by atoms with Crippen molar-refractivity contribution in [3.8, 4) is 0 Å². The number of rotatable bonds is 1. The van der Waals surface area contributed by atoms with Crippen molar-refractivity contribution in [2.24, 2.45) is 0 Å². The Labute approximate surface area is 67.5 Å². The van der Waals surface area contributed by atoms with Gasteiger partial charge in [0.1, 0.15) is 0 Å². The van der Waals surface area contributed by atoms with Gasteiger partial charge in [-0.05, 0) is 31.4 Å². The number of aliphatic hydroxyl groups excluding tert-OH is 1. The first-order chi connectivity index (χ1) is 5.42. The molecule has 0 aliphatic carbocycles. The van der Waals surface area contributed by atoms with Gasteiger partial charge < -0.3 is 5.11 Å². The fraction of sp³-hybridized carbons (Fsp3) is 0.778. The van der Waals surface area contributed by atoms with Crippen LogP contribution in [0.1, 0.15) is 19.3 Å². The smallest absolute Gasteiger partial charge is 0.0656 e. The molecule has 2 rings (SSSR count). The van der Waals surface area contributed by atoms with E-state index in [9.17, 15) is 0 Å². The van der Waals surface area contributed by atoms with E-state index in [-0.39, 0.29) is 6.61 Å². The van der Waals surface area contributed by atoms with Crippen LogP contribution < -0.4 is 0 Å². The molecule has 2 aliphatic rings. The summed E-state index contributed by atoms with van der Waals surface area (Å²) in [7, 11) is 0. The second kappa shape index (κ2) is 2.95. The number of aliphatic hydroxyl groups is 1. The number of hydrogen-bond acceptors (Lipinski definition) is 2. The third-order valence-corrected chi connectivity index (χ3v) is 2.80. The minimum atomic E-state index is 0.265. The summed E-state index contributed by atoms with van der Waals surface area (Å²) in [6, 6.07) is 0.591. The van der Waals surface area contributed by atoms with E-state index in [1.165, 1.54) is 31.5 Å². The summed E-state index contributed by atoms with van der Waals surface area (Å²) in [6.07, 6.45) is 5.91. The van der Waals surface area contributed by atoms with Gasteiger partial charge in [0.15, 0.2) is 0 Å². The molecule has 0 aromatic rings. The van der Waals surface area contributed by atoms with Crippen LogP contribution in [0.5, 0.6) is 0 Å². The first-order valence-corrected chi connectivity index (χ1v) is 4.45. The van der Waals surface area contributed by atoms with Crippen molar-refractivity contribution < 1.29 is 5.11 Å². The van der Waals surface area contributed by atoms with E-state index in [0.717, 1.165) is 6.42 Å². The molecule has 0 amide bonds. The molecule has 0 spiro atoms. The number of hydrogen-bond donors (Lipinski definition) is 1. The van der Waals surface area contributed by atoms with E-state index in [0.29, 0.717) is 6.04 Å². The molecule has 1 N–H and O–H groups in total. The van der Waals surface area contributed by atoms with Gasteiger partial charge in [0.25, 0.3) is 0 Å². The molecule has 0 aromatic carbocycles. The van der Waals surface area contributed by atoms with Crippen LogP contribution in [-0.4, -0.2) is 35.7 Å². The van der Waals surface area contributed by atoms with Crippen molar-refractivity contribution in [3.63, 3.8) is 0 Å². The van der Waals surface area contributed by atoms with Crippen LogP contribution in [0.3, 0.4) is 0 Å². The van der Waals surface area contributed by atoms with Gasteiger partial charge in [-0.3, -0.25) is 4.90 Å². The lowest BCUT2D eigenvalue weighted by atomic mass is 10.0. The van der Waals surface area contributed by atoms with Crippen LogP contribution in [-0.2, 0) is 0 Å². The third-order valence-electron chi connectivity index (χ3n) is 2.80. The lowest BCUT2D eigenvalue weighted by molar-refractivity contribution is 0.237. The summed E-state index contributed by atoms with van der Waals surface area (Å²) >= 11 is 0. The maximum Gasteiger partial charge on any atom is 0.0656 e. The van der Waals surface area contributed by atoms with Crippen LogP contribution in [0.4, 0.5) is 0 Å². The first-order valence-electron chi connectivity index (χ1n) is 4.45. The molecule has 1 fully saturated rings. The van der Waals surface area contributed by atoms with Gasteiger partial charge in [0.2, 0.25) is 0 Å².